The molecule has 1 fully saturated rings. The van der Waals surface area contributed by atoms with Crippen LogP contribution in [0.1, 0.15) is 41.4 Å². The Bertz CT molecular complexity index is 872. The molecule has 1 aliphatic heterocycles. The van der Waals surface area contributed by atoms with E-state index < -0.39 is 0 Å². The van der Waals surface area contributed by atoms with Gasteiger partial charge in [-0.1, -0.05) is 12.1 Å². The zero-order valence-corrected chi connectivity index (χ0v) is 14.1. The average Bonchev–Trinajstić information content (AvgIpc) is 3.11. The monoisotopic (exact) mass is 336 g/mol. The van der Waals surface area contributed by atoms with Crippen molar-refractivity contribution in [3.63, 3.8) is 0 Å². The lowest BCUT2D eigenvalue weighted by Gasteiger charge is -2.35. The predicted octanol–water partition coefficient (Wildman–Crippen LogP) is 3.11. The predicted molar refractivity (Wildman–Crippen MR) is 93.6 cm³/mol. The third-order valence-electron chi connectivity index (χ3n) is 4.70. The van der Waals surface area contributed by atoms with Crippen molar-refractivity contribution in [3.05, 3.63) is 60.2 Å². The Morgan fingerprint density at radius 2 is 2.20 bits per heavy atom. The van der Waals surface area contributed by atoms with Crippen LogP contribution in [0.25, 0.3) is 5.78 Å². The smallest absolute Gasteiger partial charge is 0.274 e. The second kappa shape index (κ2) is 6.55. The summed E-state index contributed by atoms with van der Waals surface area (Å²) in [6, 6.07) is 9.84. The van der Waals surface area contributed by atoms with Crippen LogP contribution in [-0.2, 0) is 0 Å². The number of nitrogens with zero attached hydrogens (tertiary/aromatic N) is 4. The number of amides is 1. The summed E-state index contributed by atoms with van der Waals surface area (Å²) in [4.78, 5) is 23.6. The van der Waals surface area contributed by atoms with Crippen LogP contribution in [0.3, 0.4) is 0 Å². The number of methoxy groups -OCH3 is 1. The van der Waals surface area contributed by atoms with Crippen molar-refractivity contribution in [3.8, 4) is 5.75 Å². The number of aromatic nitrogens is 3. The molecular weight excluding hydrogens is 316 g/mol. The van der Waals surface area contributed by atoms with E-state index in [0.29, 0.717) is 11.5 Å². The molecule has 128 valence electrons. The summed E-state index contributed by atoms with van der Waals surface area (Å²) in [7, 11) is 1.66. The van der Waals surface area contributed by atoms with Crippen LogP contribution in [-0.4, -0.2) is 38.8 Å². The van der Waals surface area contributed by atoms with Crippen LogP contribution in [0.15, 0.2) is 48.9 Å². The molecule has 4 rings (SSSR count). The zero-order valence-electron chi connectivity index (χ0n) is 14.1. The fourth-order valence-electron chi connectivity index (χ4n) is 3.45. The Kier molecular flexibility index (Phi) is 4.09. The minimum atomic E-state index is -0.0435. The minimum Gasteiger partial charge on any atom is -0.497 e. The van der Waals surface area contributed by atoms with Gasteiger partial charge in [-0.15, -0.1) is 0 Å². The van der Waals surface area contributed by atoms with E-state index >= 15 is 0 Å². The minimum absolute atomic E-state index is 0.0435. The van der Waals surface area contributed by atoms with Gasteiger partial charge in [0, 0.05) is 25.1 Å². The van der Waals surface area contributed by atoms with Crippen LogP contribution in [0.5, 0.6) is 5.75 Å². The lowest BCUT2D eigenvalue weighted by molar-refractivity contribution is 0.0606. The van der Waals surface area contributed by atoms with Crippen molar-refractivity contribution in [2.75, 3.05) is 13.7 Å². The van der Waals surface area contributed by atoms with E-state index in [1.807, 2.05) is 35.4 Å². The maximum absolute atomic E-state index is 13.1. The van der Waals surface area contributed by atoms with Gasteiger partial charge in [-0.3, -0.25) is 9.20 Å². The van der Waals surface area contributed by atoms with Crippen LogP contribution in [0.4, 0.5) is 0 Å². The molecule has 3 heterocycles. The van der Waals surface area contributed by atoms with Crippen LogP contribution in [0, 0.1) is 0 Å². The largest absolute Gasteiger partial charge is 0.497 e. The van der Waals surface area contributed by atoms with E-state index in [1.165, 1.54) is 0 Å². The summed E-state index contributed by atoms with van der Waals surface area (Å²) in [6.07, 6.45) is 8.35. The molecule has 6 nitrogen and oxygen atoms in total. The fraction of sp³-hybridized carbons (Fsp3) is 0.316. The van der Waals surface area contributed by atoms with Crippen LogP contribution in [0.2, 0.25) is 0 Å². The van der Waals surface area contributed by atoms with Gasteiger partial charge in [0.2, 0.25) is 5.78 Å². The molecule has 2 aromatic heterocycles. The van der Waals surface area contributed by atoms with Crippen LogP contribution < -0.4 is 4.74 Å². The molecule has 6 heteroatoms. The summed E-state index contributed by atoms with van der Waals surface area (Å²) in [5, 5.41) is 0. The lowest BCUT2D eigenvalue weighted by Crippen LogP contribution is -2.38. The van der Waals surface area contributed by atoms with Crippen molar-refractivity contribution in [2.45, 2.75) is 25.3 Å². The van der Waals surface area contributed by atoms with Crippen molar-refractivity contribution >= 4 is 11.7 Å². The quantitative estimate of drug-likeness (QED) is 0.737. The Hall–Kier alpha value is -2.89. The van der Waals surface area contributed by atoms with Crippen molar-refractivity contribution in [2.24, 2.45) is 0 Å². The molecule has 1 saturated heterocycles. The van der Waals surface area contributed by atoms with E-state index in [1.54, 1.807) is 23.9 Å². The van der Waals surface area contributed by atoms with E-state index in [0.717, 1.165) is 37.1 Å². The molecule has 0 N–H and O–H groups in total. The maximum atomic E-state index is 13.1. The Morgan fingerprint density at radius 1 is 1.28 bits per heavy atom. The number of fused-ring (bicyclic) bond motifs is 1. The molecule has 0 radical (unpaired) electrons. The van der Waals surface area contributed by atoms with Gasteiger partial charge in [0.1, 0.15) is 11.4 Å². The summed E-state index contributed by atoms with van der Waals surface area (Å²) < 4.78 is 7.11. The van der Waals surface area contributed by atoms with Crippen LogP contribution >= 0.6 is 0 Å². The first-order valence-electron chi connectivity index (χ1n) is 8.51. The van der Waals surface area contributed by atoms with E-state index in [4.69, 9.17) is 4.74 Å². The fourth-order valence-corrected chi connectivity index (χ4v) is 3.45. The molecule has 1 aliphatic rings. The Balaban J connectivity index is 1.66. The van der Waals surface area contributed by atoms with Gasteiger partial charge < -0.3 is 9.64 Å². The second-order valence-electron chi connectivity index (χ2n) is 6.24. The first-order valence-corrected chi connectivity index (χ1v) is 8.51. The number of hydrogen-bond donors (Lipinski definition) is 0. The van der Waals surface area contributed by atoms with E-state index in [-0.39, 0.29) is 11.9 Å². The standard InChI is InChI=1S/C19H20N4O2/c1-25-15-7-4-6-14(12-15)17-8-2-3-11-23(17)18(24)16-13-22-10-5-9-20-19(22)21-16/h4-7,9-10,12-13,17H,2-3,8,11H2,1H3. The number of likely N-dealkylation sites (tertiary alicyclic amines) is 1. The van der Waals surface area contributed by atoms with Gasteiger partial charge in [-0.2, -0.15) is 0 Å². The Morgan fingerprint density at radius 3 is 3.04 bits per heavy atom. The first-order chi connectivity index (χ1) is 12.3. The molecule has 1 aromatic carbocycles. The SMILES string of the molecule is COc1cccc(C2CCCCN2C(=O)c2cn3cccnc3n2)c1. The summed E-state index contributed by atoms with van der Waals surface area (Å²) in [5.41, 5.74) is 1.54. The highest BCUT2D eigenvalue weighted by Crippen LogP contribution is 2.33. The highest BCUT2D eigenvalue weighted by molar-refractivity contribution is 5.93. The van der Waals surface area contributed by atoms with Gasteiger partial charge in [0.25, 0.3) is 5.91 Å². The van der Waals surface area contributed by atoms with Crippen molar-refractivity contribution in [1.82, 2.24) is 19.3 Å². The number of rotatable bonds is 3. The molecule has 1 amide bonds. The summed E-state index contributed by atoms with van der Waals surface area (Å²) >= 11 is 0. The number of ether oxygens (including phenoxy) is 1. The molecule has 0 saturated carbocycles. The lowest BCUT2D eigenvalue weighted by atomic mass is 9.94. The second-order valence-corrected chi connectivity index (χ2v) is 6.24. The molecule has 1 atom stereocenters. The summed E-state index contributed by atoms with van der Waals surface area (Å²) in [6.45, 7) is 0.738. The van der Waals surface area contributed by atoms with Gasteiger partial charge in [-0.25, -0.2) is 9.97 Å². The number of imidazole rings is 1. The number of carbonyl (C=O) groups excluding carboxylic acids is 1. The van der Waals surface area contributed by atoms with E-state index in [9.17, 15) is 4.79 Å². The normalized spacial score (nSPS) is 17.6. The molecule has 0 spiro atoms. The van der Waals surface area contributed by atoms with E-state index in [2.05, 4.69) is 16.0 Å². The number of benzene rings is 1. The third-order valence-corrected chi connectivity index (χ3v) is 4.70. The van der Waals surface area contributed by atoms with Gasteiger partial charge in [0.15, 0.2) is 0 Å². The molecule has 0 bridgehead atoms. The molecule has 3 aromatic rings. The zero-order chi connectivity index (χ0) is 17.2. The topological polar surface area (TPSA) is 59.7 Å². The molecule has 25 heavy (non-hydrogen) atoms. The highest BCUT2D eigenvalue weighted by Gasteiger charge is 2.30. The highest BCUT2D eigenvalue weighted by atomic mass is 16.5. The third kappa shape index (κ3) is 2.95. The molecular formula is C19H20N4O2. The number of carbonyl (C=O) groups is 1. The number of piperidine rings is 1. The van der Waals surface area contributed by atoms with Crippen molar-refractivity contribution in [1.29, 1.82) is 0 Å². The van der Waals surface area contributed by atoms with Crippen molar-refractivity contribution < 1.29 is 9.53 Å². The number of hydrogen-bond acceptors (Lipinski definition) is 4. The average molecular weight is 336 g/mol. The maximum Gasteiger partial charge on any atom is 0.274 e. The first kappa shape index (κ1) is 15.6. The Labute approximate surface area is 146 Å². The van der Waals surface area contributed by atoms with Gasteiger partial charge >= 0.3 is 0 Å². The molecule has 1 unspecified atom stereocenters. The van der Waals surface area contributed by atoms with Gasteiger partial charge in [-0.05, 0) is 43.0 Å². The summed E-state index contributed by atoms with van der Waals surface area (Å²) in [5.74, 6) is 1.31. The molecule has 0 aliphatic carbocycles. The van der Waals surface area contributed by atoms with Gasteiger partial charge in [0.05, 0.1) is 13.2 Å².